The van der Waals surface area contributed by atoms with E-state index in [4.69, 9.17) is 0 Å². The van der Waals surface area contributed by atoms with Gasteiger partial charge < -0.3 is 4.74 Å². The maximum atomic E-state index is 13.2. The highest BCUT2D eigenvalue weighted by Crippen LogP contribution is 2.10. The molecule has 18 heavy (non-hydrogen) atoms. The van der Waals surface area contributed by atoms with E-state index in [0.29, 0.717) is 11.1 Å². The standard InChI is InChI=1S/C13H13FO4/c1-8-3-4-9(6-11(8)14)5-10(15)7-12(16)13(17)18-2/h3-4,6H,5,7H2,1-2H3. The third-order valence-electron chi connectivity index (χ3n) is 2.41. The van der Waals surface area contributed by atoms with E-state index in [1.807, 2.05) is 0 Å². The number of benzene rings is 1. The number of ether oxygens (including phenoxy) is 1. The molecule has 0 aromatic heterocycles. The zero-order valence-electron chi connectivity index (χ0n) is 10.2. The summed E-state index contributed by atoms with van der Waals surface area (Å²) in [6, 6.07) is 4.41. The van der Waals surface area contributed by atoms with Crippen molar-refractivity contribution in [1.29, 1.82) is 0 Å². The first-order valence-electron chi connectivity index (χ1n) is 5.32. The molecule has 1 aromatic rings. The molecular weight excluding hydrogens is 239 g/mol. The second-order valence-electron chi connectivity index (χ2n) is 3.89. The number of methoxy groups -OCH3 is 1. The minimum Gasteiger partial charge on any atom is -0.463 e. The molecule has 1 aromatic carbocycles. The minimum atomic E-state index is -1.04. The Kier molecular flexibility index (Phi) is 4.71. The highest BCUT2D eigenvalue weighted by molar-refractivity contribution is 6.37. The van der Waals surface area contributed by atoms with Gasteiger partial charge in [0.1, 0.15) is 11.6 Å². The monoisotopic (exact) mass is 252 g/mol. The lowest BCUT2D eigenvalue weighted by Gasteiger charge is -2.02. The van der Waals surface area contributed by atoms with Crippen LogP contribution in [-0.4, -0.2) is 24.6 Å². The van der Waals surface area contributed by atoms with Gasteiger partial charge in [-0.2, -0.15) is 0 Å². The van der Waals surface area contributed by atoms with Gasteiger partial charge in [-0.15, -0.1) is 0 Å². The Morgan fingerprint density at radius 2 is 1.94 bits per heavy atom. The summed E-state index contributed by atoms with van der Waals surface area (Å²) in [5.74, 6) is -2.79. The van der Waals surface area contributed by atoms with E-state index in [2.05, 4.69) is 4.74 Å². The summed E-state index contributed by atoms with van der Waals surface area (Å²) in [4.78, 5) is 33.4. The number of esters is 1. The average Bonchev–Trinajstić information content (AvgIpc) is 2.32. The molecule has 0 radical (unpaired) electrons. The molecule has 0 heterocycles. The number of rotatable bonds is 5. The number of Topliss-reactive ketones (excluding diaryl/α,β-unsaturated/α-hetero) is 2. The average molecular weight is 252 g/mol. The zero-order chi connectivity index (χ0) is 13.7. The van der Waals surface area contributed by atoms with Crippen LogP contribution in [0.5, 0.6) is 0 Å². The zero-order valence-corrected chi connectivity index (χ0v) is 10.2. The van der Waals surface area contributed by atoms with E-state index in [9.17, 15) is 18.8 Å². The predicted molar refractivity (Wildman–Crippen MR) is 61.5 cm³/mol. The van der Waals surface area contributed by atoms with Crippen molar-refractivity contribution in [1.82, 2.24) is 0 Å². The predicted octanol–water partition coefficient (Wildman–Crippen LogP) is 1.38. The number of carbonyl (C=O) groups excluding carboxylic acids is 3. The van der Waals surface area contributed by atoms with Crippen LogP contribution in [0.2, 0.25) is 0 Å². The van der Waals surface area contributed by atoms with Crippen molar-refractivity contribution in [2.45, 2.75) is 19.8 Å². The molecule has 0 aliphatic carbocycles. The van der Waals surface area contributed by atoms with Gasteiger partial charge in [0, 0.05) is 6.42 Å². The summed E-state index contributed by atoms with van der Waals surface area (Å²) in [5, 5.41) is 0. The third kappa shape index (κ3) is 3.76. The summed E-state index contributed by atoms with van der Waals surface area (Å²) in [7, 11) is 1.07. The summed E-state index contributed by atoms with van der Waals surface area (Å²) in [6.07, 6.45) is -0.609. The fourth-order valence-electron chi connectivity index (χ4n) is 1.40. The maximum absolute atomic E-state index is 13.2. The number of halogens is 1. The Labute approximate surface area is 104 Å². The first-order valence-corrected chi connectivity index (χ1v) is 5.32. The maximum Gasteiger partial charge on any atom is 0.374 e. The van der Waals surface area contributed by atoms with Crippen LogP contribution in [0.1, 0.15) is 17.5 Å². The first-order chi connectivity index (χ1) is 8.43. The number of ketones is 2. The number of carbonyl (C=O) groups is 3. The van der Waals surface area contributed by atoms with E-state index in [1.165, 1.54) is 6.07 Å². The Bertz CT molecular complexity index is 494. The third-order valence-corrected chi connectivity index (χ3v) is 2.41. The fourth-order valence-corrected chi connectivity index (χ4v) is 1.40. The van der Waals surface area contributed by atoms with Gasteiger partial charge in [0.25, 0.3) is 0 Å². The van der Waals surface area contributed by atoms with Crippen LogP contribution in [0.25, 0.3) is 0 Å². The lowest BCUT2D eigenvalue weighted by atomic mass is 10.0. The van der Waals surface area contributed by atoms with Crippen LogP contribution < -0.4 is 0 Å². The van der Waals surface area contributed by atoms with Crippen LogP contribution in [0.4, 0.5) is 4.39 Å². The Morgan fingerprint density at radius 1 is 1.28 bits per heavy atom. The normalized spacial score (nSPS) is 9.94. The van der Waals surface area contributed by atoms with Gasteiger partial charge in [-0.25, -0.2) is 9.18 Å². The summed E-state index contributed by atoms with van der Waals surface area (Å²) in [6.45, 7) is 1.61. The van der Waals surface area contributed by atoms with Crippen LogP contribution in [0, 0.1) is 12.7 Å². The van der Waals surface area contributed by atoms with E-state index >= 15 is 0 Å². The Balaban J connectivity index is 2.62. The molecule has 4 nitrogen and oxygen atoms in total. The van der Waals surface area contributed by atoms with Crippen LogP contribution in [0.15, 0.2) is 18.2 Å². The fraction of sp³-hybridized carbons (Fsp3) is 0.308. The largest absolute Gasteiger partial charge is 0.463 e. The molecule has 96 valence electrons. The van der Waals surface area contributed by atoms with E-state index in [0.717, 1.165) is 7.11 Å². The van der Waals surface area contributed by atoms with E-state index < -0.39 is 29.8 Å². The molecule has 0 aliphatic rings. The van der Waals surface area contributed by atoms with Crippen molar-refractivity contribution in [3.05, 3.63) is 35.1 Å². The quantitative estimate of drug-likeness (QED) is 0.451. The van der Waals surface area contributed by atoms with Crippen molar-refractivity contribution in [2.75, 3.05) is 7.11 Å². The molecule has 0 aliphatic heterocycles. The molecule has 0 spiro atoms. The summed E-state index contributed by atoms with van der Waals surface area (Å²) >= 11 is 0. The second-order valence-corrected chi connectivity index (χ2v) is 3.89. The molecule has 1 rings (SSSR count). The first kappa shape index (κ1) is 14.0. The van der Waals surface area contributed by atoms with Gasteiger partial charge in [0.15, 0.2) is 0 Å². The lowest BCUT2D eigenvalue weighted by Crippen LogP contribution is -2.20. The van der Waals surface area contributed by atoms with Crippen LogP contribution in [0.3, 0.4) is 0 Å². The van der Waals surface area contributed by atoms with Gasteiger partial charge >= 0.3 is 5.97 Å². The van der Waals surface area contributed by atoms with Crippen molar-refractivity contribution >= 4 is 17.5 Å². The van der Waals surface area contributed by atoms with Gasteiger partial charge in [-0.05, 0) is 24.1 Å². The Hall–Kier alpha value is -2.04. The molecule has 0 bridgehead atoms. The molecule has 0 saturated carbocycles. The molecule has 0 saturated heterocycles. The molecule has 0 N–H and O–H groups in total. The smallest absolute Gasteiger partial charge is 0.374 e. The lowest BCUT2D eigenvalue weighted by molar-refractivity contribution is -0.152. The minimum absolute atomic E-state index is 0.0834. The van der Waals surface area contributed by atoms with Crippen molar-refractivity contribution in [2.24, 2.45) is 0 Å². The molecule has 0 atom stereocenters. The Morgan fingerprint density at radius 3 is 2.50 bits per heavy atom. The second kappa shape index (κ2) is 6.05. The molecule has 5 heteroatoms. The molecule has 0 unspecified atom stereocenters. The van der Waals surface area contributed by atoms with Crippen LogP contribution >= 0.6 is 0 Å². The van der Waals surface area contributed by atoms with Crippen molar-refractivity contribution < 1.29 is 23.5 Å². The number of hydrogen-bond donors (Lipinski definition) is 0. The van der Waals surface area contributed by atoms with Crippen molar-refractivity contribution in [3.8, 4) is 0 Å². The van der Waals surface area contributed by atoms with Gasteiger partial charge in [-0.1, -0.05) is 12.1 Å². The summed E-state index contributed by atoms with van der Waals surface area (Å²) < 4.78 is 17.4. The summed E-state index contributed by atoms with van der Waals surface area (Å²) in [5.41, 5.74) is 0.956. The van der Waals surface area contributed by atoms with Crippen LogP contribution in [-0.2, 0) is 25.5 Å². The van der Waals surface area contributed by atoms with Gasteiger partial charge in [0.05, 0.1) is 13.5 Å². The van der Waals surface area contributed by atoms with E-state index in [1.54, 1.807) is 19.1 Å². The topological polar surface area (TPSA) is 60.4 Å². The van der Waals surface area contributed by atoms with E-state index in [-0.39, 0.29) is 6.42 Å². The number of hydrogen-bond acceptors (Lipinski definition) is 4. The van der Waals surface area contributed by atoms with Crippen molar-refractivity contribution in [3.63, 3.8) is 0 Å². The SMILES string of the molecule is COC(=O)C(=O)CC(=O)Cc1ccc(C)c(F)c1. The highest BCUT2D eigenvalue weighted by Gasteiger charge is 2.18. The van der Waals surface area contributed by atoms with Gasteiger partial charge in [0.2, 0.25) is 5.78 Å². The van der Waals surface area contributed by atoms with Gasteiger partial charge in [-0.3, -0.25) is 9.59 Å². The highest BCUT2D eigenvalue weighted by atomic mass is 19.1. The molecule has 0 fully saturated rings. The number of aryl methyl sites for hydroxylation is 1. The molecular formula is C13H13FO4. The molecule has 0 amide bonds.